The Bertz CT molecular complexity index is 323. The van der Waals surface area contributed by atoms with Crippen molar-refractivity contribution in [1.29, 1.82) is 0 Å². The Kier molecular flexibility index (Phi) is 2.87. The second kappa shape index (κ2) is 3.91. The summed E-state index contributed by atoms with van der Waals surface area (Å²) in [6, 6.07) is 5.21. The van der Waals surface area contributed by atoms with Crippen molar-refractivity contribution in [1.82, 2.24) is 5.48 Å². The molecular weight excluding hydrogens is 168 g/mol. The van der Waals surface area contributed by atoms with Gasteiger partial charge in [0.25, 0.3) is 0 Å². The highest BCUT2D eigenvalue weighted by Gasteiger charge is 2.10. The average molecular weight is 180 g/mol. The number of benzene rings is 1. The minimum absolute atomic E-state index is 0.384. The van der Waals surface area contributed by atoms with Gasteiger partial charge < -0.3 is 10.6 Å². The van der Waals surface area contributed by atoms with E-state index in [1.165, 1.54) is 7.05 Å². The van der Waals surface area contributed by atoms with E-state index in [-0.39, 0.29) is 0 Å². The van der Waals surface area contributed by atoms with Crippen molar-refractivity contribution < 1.29 is 9.63 Å². The van der Waals surface area contributed by atoms with Crippen LogP contribution in [0.15, 0.2) is 18.2 Å². The van der Waals surface area contributed by atoms with Gasteiger partial charge in [-0.3, -0.25) is 0 Å². The molecule has 1 rings (SSSR count). The van der Waals surface area contributed by atoms with Gasteiger partial charge in [-0.25, -0.2) is 4.79 Å². The van der Waals surface area contributed by atoms with Gasteiger partial charge in [-0.05, 0) is 19.1 Å². The van der Waals surface area contributed by atoms with Crippen molar-refractivity contribution in [2.24, 2.45) is 0 Å². The second-order valence-corrected chi connectivity index (χ2v) is 2.68. The van der Waals surface area contributed by atoms with Crippen LogP contribution in [0.5, 0.6) is 0 Å². The fraction of sp³-hybridized carbons (Fsp3) is 0.222. The summed E-state index contributed by atoms with van der Waals surface area (Å²) in [5, 5.41) is 0. The molecule has 4 heteroatoms. The molecule has 0 unspecified atom stereocenters. The third-order valence-electron chi connectivity index (χ3n) is 1.62. The van der Waals surface area contributed by atoms with Crippen LogP contribution in [0.1, 0.15) is 15.9 Å². The molecule has 0 fully saturated rings. The van der Waals surface area contributed by atoms with Crippen molar-refractivity contribution in [3.63, 3.8) is 0 Å². The molecule has 0 heterocycles. The summed E-state index contributed by atoms with van der Waals surface area (Å²) in [5.74, 6) is -0.469. The van der Waals surface area contributed by atoms with Gasteiger partial charge in [-0.15, -0.1) is 0 Å². The normalized spacial score (nSPS) is 9.69. The smallest absolute Gasteiger partial charge is 0.358 e. The molecular formula is C9H12N2O2. The van der Waals surface area contributed by atoms with Crippen LogP contribution in [-0.2, 0) is 4.84 Å². The number of hydroxylamine groups is 1. The van der Waals surface area contributed by atoms with Gasteiger partial charge in [-0.1, -0.05) is 11.6 Å². The van der Waals surface area contributed by atoms with Gasteiger partial charge in [0.05, 0.1) is 5.56 Å². The van der Waals surface area contributed by atoms with E-state index in [9.17, 15) is 4.79 Å². The maximum Gasteiger partial charge on any atom is 0.358 e. The molecule has 0 amide bonds. The molecule has 3 N–H and O–H groups in total. The third-order valence-corrected chi connectivity index (χ3v) is 1.62. The van der Waals surface area contributed by atoms with Crippen molar-refractivity contribution in [2.45, 2.75) is 6.92 Å². The second-order valence-electron chi connectivity index (χ2n) is 2.68. The van der Waals surface area contributed by atoms with E-state index in [2.05, 4.69) is 10.3 Å². The maximum absolute atomic E-state index is 11.3. The molecule has 1 aromatic rings. The molecule has 0 aliphatic rings. The summed E-state index contributed by atoms with van der Waals surface area (Å²) in [6.45, 7) is 1.88. The Morgan fingerprint density at radius 3 is 2.85 bits per heavy atom. The Balaban J connectivity index is 2.99. The molecule has 0 saturated heterocycles. The summed E-state index contributed by atoms with van der Waals surface area (Å²) in [5.41, 5.74) is 9.67. The zero-order chi connectivity index (χ0) is 9.84. The van der Waals surface area contributed by atoms with Crippen molar-refractivity contribution in [3.8, 4) is 0 Å². The largest absolute Gasteiger partial charge is 0.398 e. The summed E-state index contributed by atoms with van der Waals surface area (Å²) < 4.78 is 0. The molecule has 0 aliphatic heterocycles. The first-order valence-corrected chi connectivity index (χ1v) is 3.89. The van der Waals surface area contributed by atoms with Crippen LogP contribution < -0.4 is 11.2 Å². The van der Waals surface area contributed by atoms with E-state index < -0.39 is 5.97 Å². The molecule has 0 aliphatic carbocycles. The molecule has 0 bridgehead atoms. The molecule has 0 spiro atoms. The number of anilines is 1. The molecule has 4 nitrogen and oxygen atoms in total. The number of nitrogens with one attached hydrogen (secondary N) is 1. The van der Waals surface area contributed by atoms with E-state index in [0.717, 1.165) is 5.56 Å². The topological polar surface area (TPSA) is 64.3 Å². The molecule has 0 radical (unpaired) electrons. The first kappa shape index (κ1) is 9.54. The Labute approximate surface area is 76.6 Å². The lowest BCUT2D eigenvalue weighted by atomic mass is 10.1. The van der Waals surface area contributed by atoms with Crippen molar-refractivity contribution in [2.75, 3.05) is 12.8 Å². The van der Waals surface area contributed by atoms with E-state index in [0.29, 0.717) is 11.3 Å². The lowest BCUT2D eigenvalue weighted by Crippen LogP contribution is -2.16. The fourth-order valence-corrected chi connectivity index (χ4v) is 0.995. The number of carbonyl (C=O) groups excluding carboxylic acids is 1. The molecule has 0 atom stereocenters. The third kappa shape index (κ3) is 2.19. The number of rotatable bonds is 2. The molecule has 70 valence electrons. The first-order valence-electron chi connectivity index (χ1n) is 3.89. The molecule has 0 aromatic heterocycles. The summed E-state index contributed by atoms with van der Waals surface area (Å²) >= 11 is 0. The van der Waals surface area contributed by atoms with Crippen LogP contribution >= 0.6 is 0 Å². The maximum atomic E-state index is 11.3. The van der Waals surface area contributed by atoms with E-state index in [1.807, 2.05) is 13.0 Å². The minimum Gasteiger partial charge on any atom is -0.398 e. The standard InChI is InChI=1S/C9H12N2O2/c1-6-3-4-8(10)7(5-6)9(12)13-11-2/h3-5,11H,10H2,1-2H3. The zero-order valence-corrected chi connectivity index (χ0v) is 7.63. The van der Waals surface area contributed by atoms with Crippen molar-refractivity contribution >= 4 is 11.7 Å². The number of aryl methyl sites for hydroxylation is 1. The van der Waals surface area contributed by atoms with E-state index in [4.69, 9.17) is 5.73 Å². The van der Waals surface area contributed by atoms with E-state index in [1.54, 1.807) is 12.1 Å². The Hall–Kier alpha value is -1.55. The SMILES string of the molecule is CNOC(=O)c1cc(C)ccc1N. The van der Waals surface area contributed by atoms with Gasteiger partial charge >= 0.3 is 5.97 Å². The number of hydrogen-bond donors (Lipinski definition) is 2. The van der Waals surface area contributed by atoms with E-state index >= 15 is 0 Å². The monoisotopic (exact) mass is 180 g/mol. The number of carbonyl (C=O) groups is 1. The predicted octanol–water partition coefficient (Wildman–Crippen LogP) is 0.868. The van der Waals surface area contributed by atoms with Crippen LogP contribution in [0.4, 0.5) is 5.69 Å². The van der Waals surface area contributed by atoms with Crippen LogP contribution in [0.3, 0.4) is 0 Å². The average Bonchev–Trinajstić information content (AvgIpc) is 2.09. The van der Waals surface area contributed by atoms with Gasteiger partial charge in [0.2, 0.25) is 0 Å². The van der Waals surface area contributed by atoms with Crippen LogP contribution in [-0.4, -0.2) is 13.0 Å². The first-order chi connectivity index (χ1) is 6.15. The lowest BCUT2D eigenvalue weighted by Gasteiger charge is -2.05. The molecule has 0 saturated carbocycles. The number of nitrogens with two attached hydrogens (primary N) is 1. The van der Waals surface area contributed by atoms with Gasteiger partial charge in [0, 0.05) is 12.7 Å². The minimum atomic E-state index is -0.469. The predicted molar refractivity (Wildman–Crippen MR) is 50.1 cm³/mol. The van der Waals surface area contributed by atoms with Crippen molar-refractivity contribution in [3.05, 3.63) is 29.3 Å². The van der Waals surface area contributed by atoms with Gasteiger partial charge in [0.15, 0.2) is 0 Å². The molecule has 13 heavy (non-hydrogen) atoms. The highest BCUT2D eigenvalue weighted by atomic mass is 16.7. The van der Waals surface area contributed by atoms with Crippen LogP contribution in [0.2, 0.25) is 0 Å². The summed E-state index contributed by atoms with van der Waals surface area (Å²) in [4.78, 5) is 15.8. The highest BCUT2D eigenvalue weighted by molar-refractivity contribution is 5.95. The number of hydrogen-bond acceptors (Lipinski definition) is 4. The van der Waals surface area contributed by atoms with Crippen LogP contribution in [0.25, 0.3) is 0 Å². The quantitative estimate of drug-likeness (QED) is 0.523. The lowest BCUT2D eigenvalue weighted by molar-refractivity contribution is 0.0311. The Morgan fingerprint density at radius 1 is 1.54 bits per heavy atom. The summed E-state index contributed by atoms with van der Waals surface area (Å²) in [6.07, 6.45) is 0. The summed E-state index contributed by atoms with van der Waals surface area (Å²) in [7, 11) is 1.52. The fourth-order valence-electron chi connectivity index (χ4n) is 0.995. The Morgan fingerprint density at radius 2 is 2.23 bits per heavy atom. The highest BCUT2D eigenvalue weighted by Crippen LogP contribution is 2.14. The van der Waals surface area contributed by atoms with Gasteiger partial charge in [0.1, 0.15) is 0 Å². The zero-order valence-electron chi connectivity index (χ0n) is 7.63. The van der Waals surface area contributed by atoms with Gasteiger partial charge in [-0.2, -0.15) is 5.48 Å². The van der Waals surface area contributed by atoms with Crippen LogP contribution in [0, 0.1) is 6.92 Å². The molecule has 1 aromatic carbocycles. The number of nitrogen functional groups attached to an aromatic ring is 1.